The van der Waals surface area contributed by atoms with Crippen LogP contribution in [0.5, 0.6) is 0 Å². The maximum Gasteiger partial charge on any atom is 0.250 e. The van der Waals surface area contributed by atoms with E-state index in [1.807, 2.05) is 41.3 Å². The smallest absolute Gasteiger partial charge is 0.250 e. The van der Waals surface area contributed by atoms with Crippen molar-refractivity contribution in [3.05, 3.63) is 59.7 Å². The molecule has 6 nitrogen and oxygen atoms in total. The van der Waals surface area contributed by atoms with Gasteiger partial charge in [-0.05, 0) is 42.5 Å². The Morgan fingerprint density at radius 1 is 0.964 bits per heavy atom. The van der Waals surface area contributed by atoms with E-state index in [1.54, 1.807) is 0 Å². The average molecular weight is 376 g/mol. The van der Waals surface area contributed by atoms with Gasteiger partial charge < -0.3 is 20.9 Å². The highest BCUT2D eigenvalue weighted by Crippen LogP contribution is 2.36. The van der Waals surface area contributed by atoms with Crippen molar-refractivity contribution in [1.82, 2.24) is 10.2 Å². The molecule has 3 N–H and O–H groups in total. The molecule has 1 atom stereocenters. The van der Waals surface area contributed by atoms with E-state index in [2.05, 4.69) is 28.1 Å². The molecule has 3 heterocycles. The molecule has 0 saturated carbocycles. The van der Waals surface area contributed by atoms with Crippen LogP contribution in [0.1, 0.15) is 24.0 Å². The number of nitrogens with zero attached hydrogens (tertiary/aromatic N) is 1. The van der Waals surface area contributed by atoms with E-state index in [4.69, 9.17) is 0 Å². The molecule has 28 heavy (non-hydrogen) atoms. The summed E-state index contributed by atoms with van der Waals surface area (Å²) in [6.07, 6.45) is 1.95. The summed E-state index contributed by atoms with van der Waals surface area (Å²) in [5.74, 6) is 0.143. The molecule has 0 radical (unpaired) electrons. The topological polar surface area (TPSA) is 73.5 Å². The zero-order valence-electron chi connectivity index (χ0n) is 15.7. The minimum Gasteiger partial charge on any atom is -0.369 e. The first-order valence-electron chi connectivity index (χ1n) is 9.92. The number of hydrogen-bond donors (Lipinski definition) is 3. The summed E-state index contributed by atoms with van der Waals surface area (Å²) in [4.78, 5) is 27.7. The van der Waals surface area contributed by atoms with Gasteiger partial charge in [-0.3, -0.25) is 9.59 Å². The Hall–Kier alpha value is -2.86. The van der Waals surface area contributed by atoms with E-state index in [9.17, 15) is 9.59 Å². The van der Waals surface area contributed by atoms with Crippen LogP contribution < -0.4 is 16.0 Å². The first-order valence-corrected chi connectivity index (χ1v) is 9.92. The fraction of sp³-hybridized carbons (Fsp3) is 0.364. The van der Waals surface area contributed by atoms with Gasteiger partial charge in [0, 0.05) is 19.6 Å². The summed E-state index contributed by atoms with van der Waals surface area (Å²) in [7, 11) is 0. The molecule has 1 saturated heterocycles. The van der Waals surface area contributed by atoms with Crippen molar-refractivity contribution in [3.8, 4) is 0 Å². The van der Waals surface area contributed by atoms with Crippen LogP contribution in [0.25, 0.3) is 0 Å². The lowest BCUT2D eigenvalue weighted by molar-refractivity contribution is -0.136. The molecule has 1 fully saturated rings. The third-order valence-electron chi connectivity index (χ3n) is 6.29. The molecule has 0 bridgehead atoms. The number of hydrogen-bond acceptors (Lipinski definition) is 4. The van der Waals surface area contributed by atoms with Gasteiger partial charge in [0.25, 0.3) is 0 Å². The number of anilines is 2. The predicted octanol–water partition coefficient (Wildman–Crippen LogP) is 2.13. The number of para-hydroxylation sites is 2. The van der Waals surface area contributed by atoms with Gasteiger partial charge in [0.15, 0.2) is 0 Å². The van der Waals surface area contributed by atoms with E-state index in [0.717, 1.165) is 24.3 Å². The number of fused-ring (bicyclic) bond motifs is 2. The number of carbonyl (C=O) groups excluding carboxylic acids is 2. The summed E-state index contributed by atoms with van der Waals surface area (Å²) in [6, 6.07) is 15.9. The first-order chi connectivity index (χ1) is 13.6. The Labute approximate surface area is 164 Å². The van der Waals surface area contributed by atoms with E-state index in [0.29, 0.717) is 25.9 Å². The Morgan fingerprint density at radius 2 is 1.64 bits per heavy atom. The van der Waals surface area contributed by atoms with Crippen LogP contribution >= 0.6 is 0 Å². The van der Waals surface area contributed by atoms with Crippen LogP contribution in [0.3, 0.4) is 0 Å². The fourth-order valence-electron chi connectivity index (χ4n) is 4.57. The molecule has 2 aromatic rings. The largest absolute Gasteiger partial charge is 0.369 e. The van der Waals surface area contributed by atoms with Crippen LogP contribution in [-0.2, 0) is 22.6 Å². The highest BCUT2D eigenvalue weighted by atomic mass is 16.2. The Morgan fingerprint density at radius 3 is 2.43 bits per heavy atom. The van der Waals surface area contributed by atoms with E-state index >= 15 is 0 Å². The zero-order chi connectivity index (χ0) is 19.1. The Kier molecular flexibility index (Phi) is 4.09. The fourth-order valence-corrected chi connectivity index (χ4v) is 4.57. The minimum absolute atomic E-state index is 0.00279. The summed E-state index contributed by atoms with van der Waals surface area (Å²) < 4.78 is 0. The number of likely N-dealkylation sites (tertiary alicyclic amines) is 1. The predicted molar refractivity (Wildman–Crippen MR) is 108 cm³/mol. The second-order valence-electron chi connectivity index (χ2n) is 7.94. The monoisotopic (exact) mass is 376 g/mol. The summed E-state index contributed by atoms with van der Waals surface area (Å²) in [6.45, 7) is 1.90. The highest BCUT2D eigenvalue weighted by Gasteiger charge is 2.45. The lowest BCUT2D eigenvalue weighted by Crippen LogP contribution is -2.60. The third-order valence-corrected chi connectivity index (χ3v) is 6.29. The summed E-state index contributed by atoms with van der Waals surface area (Å²) >= 11 is 0. The summed E-state index contributed by atoms with van der Waals surface area (Å²) in [5, 5.41) is 9.85. The first kappa shape index (κ1) is 17.3. The lowest BCUT2D eigenvalue weighted by atomic mass is 9.84. The number of nitrogens with one attached hydrogen (secondary N) is 3. The molecule has 1 spiro atoms. The van der Waals surface area contributed by atoms with Crippen LogP contribution in [0.2, 0.25) is 0 Å². The number of benzene rings is 2. The molecular weight excluding hydrogens is 352 g/mol. The van der Waals surface area contributed by atoms with Gasteiger partial charge in [0.2, 0.25) is 11.8 Å². The van der Waals surface area contributed by atoms with Crippen molar-refractivity contribution < 1.29 is 9.59 Å². The standard InChI is InChI=1S/C22H24N4O2/c27-20(19-13-15-5-1-2-6-16(15)14-23-19)26-11-9-22(10-12-26)21(28)24-17-7-3-4-8-18(17)25-22/h1-8,19,23,25H,9-14H2,(H,24,28). The van der Waals surface area contributed by atoms with Gasteiger partial charge in [-0.25, -0.2) is 0 Å². The molecule has 2 aromatic carbocycles. The van der Waals surface area contributed by atoms with Crippen LogP contribution in [0.4, 0.5) is 11.4 Å². The molecule has 0 aromatic heterocycles. The molecular formula is C22H24N4O2. The van der Waals surface area contributed by atoms with Crippen LogP contribution in [0, 0.1) is 0 Å². The molecule has 3 aliphatic rings. The van der Waals surface area contributed by atoms with Crippen LogP contribution in [-0.4, -0.2) is 41.4 Å². The van der Waals surface area contributed by atoms with Crippen molar-refractivity contribution >= 4 is 23.2 Å². The Balaban J connectivity index is 1.26. The van der Waals surface area contributed by atoms with E-state index in [-0.39, 0.29) is 17.9 Å². The normalized spacial score (nSPS) is 22.6. The van der Waals surface area contributed by atoms with Crippen molar-refractivity contribution in [2.45, 2.75) is 37.4 Å². The van der Waals surface area contributed by atoms with Crippen LogP contribution in [0.15, 0.2) is 48.5 Å². The maximum absolute atomic E-state index is 13.1. The van der Waals surface area contributed by atoms with Gasteiger partial charge >= 0.3 is 0 Å². The van der Waals surface area contributed by atoms with E-state index in [1.165, 1.54) is 11.1 Å². The Bertz CT molecular complexity index is 934. The second kappa shape index (κ2) is 6.63. The quantitative estimate of drug-likeness (QED) is 0.713. The minimum atomic E-state index is -0.627. The molecule has 5 rings (SSSR count). The lowest BCUT2D eigenvalue weighted by Gasteiger charge is -2.45. The number of carbonyl (C=O) groups is 2. The van der Waals surface area contributed by atoms with Crippen molar-refractivity contribution in [2.75, 3.05) is 23.7 Å². The zero-order valence-corrected chi connectivity index (χ0v) is 15.7. The van der Waals surface area contributed by atoms with E-state index < -0.39 is 5.54 Å². The summed E-state index contributed by atoms with van der Waals surface area (Å²) in [5.41, 5.74) is 3.66. The van der Waals surface area contributed by atoms with Gasteiger partial charge in [-0.2, -0.15) is 0 Å². The highest BCUT2D eigenvalue weighted by molar-refractivity contribution is 6.06. The van der Waals surface area contributed by atoms with Crippen molar-refractivity contribution in [2.24, 2.45) is 0 Å². The average Bonchev–Trinajstić information content (AvgIpc) is 2.74. The van der Waals surface area contributed by atoms with Gasteiger partial charge in [0.05, 0.1) is 17.4 Å². The number of amides is 2. The van der Waals surface area contributed by atoms with Crippen molar-refractivity contribution in [3.63, 3.8) is 0 Å². The van der Waals surface area contributed by atoms with Crippen molar-refractivity contribution in [1.29, 1.82) is 0 Å². The van der Waals surface area contributed by atoms with Gasteiger partial charge in [-0.1, -0.05) is 36.4 Å². The van der Waals surface area contributed by atoms with Gasteiger partial charge in [0.1, 0.15) is 5.54 Å². The molecule has 144 valence electrons. The molecule has 6 heteroatoms. The number of rotatable bonds is 1. The SMILES string of the molecule is O=C(C1Cc2ccccc2CN1)N1CCC2(CC1)Nc1ccccc1NC2=O. The maximum atomic E-state index is 13.1. The molecule has 3 aliphatic heterocycles. The third kappa shape index (κ3) is 2.85. The number of piperidine rings is 1. The van der Waals surface area contributed by atoms with Gasteiger partial charge in [-0.15, -0.1) is 0 Å². The molecule has 2 amide bonds. The molecule has 1 unspecified atom stereocenters. The second-order valence-corrected chi connectivity index (χ2v) is 7.94. The molecule has 0 aliphatic carbocycles.